The third-order valence-corrected chi connectivity index (χ3v) is 4.77. The number of carbonyl (C=O) groups is 1. The molecule has 1 N–H and O–H groups in total. The summed E-state index contributed by atoms with van der Waals surface area (Å²) in [4.78, 5) is 14.1. The van der Waals surface area contributed by atoms with Crippen LogP contribution in [-0.4, -0.2) is 24.5 Å². The van der Waals surface area contributed by atoms with Gasteiger partial charge in [0.25, 0.3) is 0 Å². The Morgan fingerprint density at radius 1 is 1.29 bits per heavy atom. The topological polar surface area (TPSA) is 84.3 Å². The van der Waals surface area contributed by atoms with E-state index in [-0.39, 0.29) is 11.3 Å². The Morgan fingerprint density at radius 3 is 2.57 bits per heavy atom. The van der Waals surface area contributed by atoms with Crippen LogP contribution in [0.2, 0.25) is 0 Å². The number of rotatable bonds is 4. The van der Waals surface area contributed by atoms with Crippen molar-refractivity contribution in [2.75, 3.05) is 0 Å². The fourth-order valence-electron chi connectivity index (χ4n) is 1.64. The predicted octanol–water partition coefficient (Wildman–Crippen LogP) is 2.66. The van der Waals surface area contributed by atoms with E-state index in [2.05, 4.69) is 20.9 Å². The van der Waals surface area contributed by atoms with Crippen molar-refractivity contribution < 1.29 is 22.7 Å². The summed E-state index contributed by atoms with van der Waals surface area (Å²) in [6.07, 6.45) is 1.43. The molecule has 21 heavy (non-hydrogen) atoms. The van der Waals surface area contributed by atoms with Gasteiger partial charge in [0.15, 0.2) is 9.84 Å². The van der Waals surface area contributed by atoms with Gasteiger partial charge in [-0.2, -0.15) is 0 Å². The summed E-state index contributed by atoms with van der Waals surface area (Å²) in [7, 11) is -4.03. The van der Waals surface area contributed by atoms with Crippen molar-refractivity contribution in [2.24, 2.45) is 0 Å². The zero-order valence-corrected chi connectivity index (χ0v) is 12.9. The number of nitrogens with zero attached hydrogens (tertiary/aromatic N) is 1. The summed E-state index contributed by atoms with van der Waals surface area (Å²) in [6.45, 7) is 0. The lowest BCUT2D eigenvalue weighted by Gasteiger charge is -2.06. The zero-order valence-electron chi connectivity index (χ0n) is 10.5. The molecule has 2 aromatic rings. The second-order valence-electron chi connectivity index (χ2n) is 4.18. The van der Waals surface area contributed by atoms with Crippen LogP contribution < -0.4 is 0 Å². The molecule has 0 radical (unpaired) electrons. The summed E-state index contributed by atoms with van der Waals surface area (Å²) in [5.41, 5.74) is -0.0583. The molecule has 0 aliphatic heterocycles. The van der Waals surface area contributed by atoms with Crippen molar-refractivity contribution in [1.29, 1.82) is 0 Å². The summed E-state index contributed by atoms with van der Waals surface area (Å²) in [5.74, 6) is -2.83. The second-order valence-corrected chi connectivity index (χ2v) is 7.05. The van der Waals surface area contributed by atoms with E-state index in [0.717, 1.165) is 18.2 Å². The number of hydrogen-bond acceptors (Lipinski definition) is 4. The fourth-order valence-corrected chi connectivity index (χ4v) is 3.26. The van der Waals surface area contributed by atoms with Gasteiger partial charge in [0, 0.05) is 10.7 Å². The molecule has 1 aromatic heterocycles. The molecule has 0 amide bonds. The number of carboxylic acids is 1. The van der Waals surface area contributed by atoms with Gasteiger partial charge < -0.3 is 5.11 Å². The van der Waals surface area contributed by atoms with Crippen molar-refractivity contribution in [1.82, 2.24) is 4.98 Å². The van der Waals surface area contributed by atoms with E-state index in [9.17, 15) is 17.6 Å². The van der Waals surface area contributed by atoms with Gasteiger partial charge in [-0.1, -0.05) is 0 Å². The lowest BCUT2D eigenvalue weighted by Crippen LogP contribution is -2.10. The molecule has 0 aliphatic carbocycles. The molecule has 0 atom stereocenters. The minimum atomic E-state index is -4.03. The highest BCUT2D eigenvalue weighted by molar-refractivity contribution is 9.10. The number of aromatic nitrogens is 1. The van der Waals surface area contributed by atoms with E-state index < -0.39 is 32.3 Å². The molecule has 0 aliphatic rings. The summed E-state index contributed by atoms with van der Waals surface area (Å²) >= 11 is 3.17. The quantitative estimate of drug-likeness (QED) is 0.890. The molecule has 0 saturated heterocycles. The van der Waals surface area contributed by atoms with Crippen molar-refractivity contribution in [3.8, 4) is 0 Å². The highest BCUT2D eigenvalue weighted by Crippen LogP contribution is 2.21. The van der Waals surface area contributed by atoms with Crippen LogP contribution in [0.15, 0.2) is 45.9 Å². The second kappa shape index (κ2) is 5.90. The van der Waals surface area contributed by atoms with Crippen LogP contribution in [0.25, 0.3) is 0 Å². The highest BCUT2D eigenvalue weighted by Gasteiger charge is 2.22. The maximum Gasteiger partial charge on any atom is 0.335 e. The highest BCUT2D eigenvalue weighted by atomic mass is 79.9. The molecule has 5 nitrogen and oxygen atoms in total. The normalized spacial score (nSPS) is 11.3. The lowest BCUT2D eigenvalue weighted by molar-refractivity contribution is 0.0696. The number of aromatic carboxylic acids is 1. The number of hydrogen-bond donors (Lipinski definition) is 1. The van der Waals surface area contributed by atoms with Gasteiger partial charge in [-0.25, -0.2) is 17.6 Å². The van der Waals surface area contributed by atoms with Crippen LogP contribution >= 0.6 is 15.9 Å². The number of carboxylic acid groups (broad SMARTS) is 1. The molecule has 0 fully saturated rings. The third-order valence-electron chi connectivity index (χ3n) is 2.64. The number of halogens is 2. The van der Waals surface area contributed by atoms with Crippen molar-refractivity contribution in [2.45, 2.75) is 10.6 Å². The molecular formula is C13H9BrFNO4S. The van der Waals surface area contributed by atoms with E-state index in [1.165, 1.54) is 12.3 Å². The van der Waals surface area contributed by atoms with Crippen LogP contribution in [0.4, 0.5) is 4.39 Å². The summed E-state index contributed by atoms with van der Waals surface area (Å²) in [5, 5.41) is 8.85. The molecule has 0 unspecified atom stereocenters. The third kappa shape index (κ3) is 3.64. The van der Waals surface area contributed by atoms with Gasteiger partial charge >= 0.3 is 5.97 Å². The Morgan fingerprint density at radius 2 is 2.00 bits per heavy atom. The molecule has 1 heterocycles. The van der Waals surface area contributed by atoms with Gasteiger partial charge in [-0.05, 0) is 46.3 Å². The first kappa shape index (κ1) is 15.6. The van der Waals surface area contributed by atoms with E-state index in [1.54, 1.807) is 6.07 Å². The van der Waals surface area contributed by atoms with Gasteiger partial charge in [-0.15, -0.1) is 0 Å². The minimum Gasteiger partial charge on any atom is -0.478 e. The largest absolute Gasteiger partial charge is 0.478 e. The molecule has 0 saturated carbocycles. The van der Waals surface area contributed by atoms with Gasteiger partial charge in [0.2, 0.25) is 0 Å². The minimum absolute atomic E-state index is 0.235. The maximum atomic E-state index is 13.7. The average Bonchev–Trinajstić information content (AvgIpc) is 2.41. The summed E-state index contributed by atoms with van der Waals surface area (Å²) < 4.78 is 38.8. The Balaban J connectivity index is 2.41. The molecule has 1 aromatic carbocycles. The Kier molecular flexibility index (Phi) is 4.38. The Bertz CT molecular complexity index is 790. The first-order chi connectivity index (χ1) is 9.79. The number of benzene rings is 1. The molecule has 110 valence electrons. The maximum absolute atomic E-state index is 13.7. The van der Waals surface area contributed by atoms with Crippen molar-refractivity contribution in [3.05, 3.63) is 58.1 Å². The first-order valence-electron chi connectivity index (χ1n) is 5.65. The van der Waals surface area contributed by atoms with Crippen LogP contribution in [-0.2, 0) is 15.6 Å². The van der Waals surface area contributed by atoms with Gasteiger partial charge in [0.1, 0.15) is 10.7 Å². The lowest BCUT2D eigenvalue weighted by atomic mass is 10.2. The van der Waals surface area contributed by atoms with Crippen molar-refractivity contribution in [3.63, 3.8) is 0 Å². The standard InChI is InChI=1S/C13H9BrFNO4S/c14-9-2-3-10(16-6-9)7-21(19,20)12-5-8(13(17)18)1-4-11(12)15/h1-6H,7H2,(H,17,18). The average molecular weight is 374 g/mol. The molecule has 0 spiro atoms. The molecule has 0 bridgehead atoms. The molecular weight excluding hydrogens is 365 g/mol. The van der Waals surface area contributed by atoms with Crippen LogP contribution in [0.5, 0.6) is 0 Å². The van der Waals surface area contributed by atoms with E-state index >= 15 is 0 Å². The predicted molar refractivity (Wildman–Crippen MR) is 76.2 cm³/mol. The zero-order chi connectivity index (χ0) is 15.6. The smallest absolute Gasteiger partial charge is 0.335 e. The van der Waals surface area contributed by atoms with Gasteiger partial charge in [0.05, 0.1) is 17.0 Å². The van der Waals surface area contributed by atoms with E-state index in [1.807, 2.05) is 0 Å². The Hall–Kier alpha value is -1.80. The first-order valence-corrected chi connectivity index (χ1v) is 8.10. The fraction of sp³-hybridized carbons (Fsp3) is 0.0769. The van der Waals surface area contributed by atoms with Crippen LogP contribution in [0, 0.1) is 5.82 Å². The summed E-state index contributed by atoms with van der Waals surface area (Å²) in [6, 6.07) is 5.74. The monoisotopic (exact) mass is 373 g/mol. The van der Waals surface area contributed by atoms with Crippen LogP contribution in [0.3, 0.4) is 0 Å². The SMILES string of the molecule is O=C(O)c1ccc(F)c(S(=O)(=O)Cc2ccc(Br)cn2)c1. The van der Waals surface area contributed by atoms with Gasteiger partial charge in [-0.3, -0.25) is 4.98 Å². The Labute approximate surface area is 128 Å². The number of sulfone groups is 1. The van der Waals surface area contributed by atoms with Crippen LogP contribution in [0.1, 0.15) is 16.1 Å². The number of pyridine rings is 1. The van der Waals surface area contributed by atoms with Crippen molar-refractivity contribution >= 4 is 31.7 Å². The van der Waals surface area contributed by atoms with E-state index in [4.69, 9.17) is 5.11 Å². The molecule has 8 heteroatoms. The van der Waals surface area contributed by atoms with E-state index in [0.29, 0.717) is 4.47 Å². The molecule has 2 rings (SSSR count).